The van der Waals surface area contributed by atoms with Crippen molar-refractivity contribution in [1.29, 1.82) is 0 Å². The van der Waals surface area contributed by atoms with Gasteiger partial charge in [0.15, 0.2) is 0 Å². The molecule has 38 heavy (non-hydrogen) atoms. The molecule has 1 atom stereocenters. The molecule has 9 heteroatoms. The van der Waals surface area contributed by atoms with Crippen LogP contribution in [0.3, 0.4) is 0 Å². The third-order valence-electron chi connectivity index (χ3n) is 5.47. The Kier molecular flexibility index (Phi) is 8.16. The van der Waals surface area contributed by atoms with Crippen LogP contribution in [-0.2, 0) is 4.74 Å². The van der Waals surface area contributed by atoms with Gasteiger partial charge in [-0.3, -0.25) is 4.98 Å². The van der Waals surface area contributed by atoms with Crippen molar-refractivity contribution in [3.63, 3.8) is 0 Å². The van der Waals surface area contributed by atoms with Gasteiger partial charge in [-0.25, -0.2) is 9.78 Å². The first-order valence-corrected chi connectivity index (χ1v) is 13.4. The van der Waals surface area contributed by atoms with E-state index in [0.29, 0.717) is 28.4 Å². The quantitative estimate of drug-likeness (QED) is 0.249. The van der Waals surface area contributed by atoms with Crippen LogP contribution in [0.2, 0.25) is 0 Å². The summed E-state index contributed by atoms with van der Waals surface area (Å²) in [5.74, 6) is 0.650. The molecule has 1 N–H and O–H groups in total. The van der Waals surface area contributed by atoms with Gasteiger partial charge in [0.2, 0.25) is 5.89 Å². The number of hydrogen-bond donors (Lipinski definition) is 1. The molecular formula is C29H33N5O3S. The average molecular weight is 532 g/mol. The number of ether oxygens (including phenoxy) is 1. The van der Waals surface area contributed by atoms with Crippen LogP contribution in [0.15, 0.2) is 64.0 Å². The van der Waals surface area contributed by atoms with Crippen LogP contribution >= 0.6 is 11.8 Å². The molecule has 2 heterocycles. The van der Waals surface area contributed by atoms with Crippen molar-refractivity contribution in [1.82, 2.24) is 25.5 Å². The summed E-state index contributed by atoms with van der Waals surface area (Å²) < 4.78 is 11.4. The summed E-state index contributed by atoms with van der Waals surface area (Å²) in [5, 5.41) is 11.9. The van der Waals surface area contributed by atoms with Crippen molar-refractivity contribution in [3.05, 3.63) is 66.0 Å². The lowest BCUT2D eigenvalue weighted by Crippen LogP contribution is -2.34. The third-order valence-corrected chi connectivity index (χ3v) is 6.49. The van der Waals surface area contributed by atoms with Crippen LogP contribution in [0.25, 0.3) is 34.3 Å². The van der Waals surface area contributed by atoms with Gasteiger partial charge in [0.1, 0.15) is 11.3 Å². The fourth-order valence-corrected chi connectivity index (χ4v) is 4.55. The van der Waals surface area contributed by atoms with Crippen molar-refractivity contribution >= 4 is 17.9 Å². The van der Waals surface area contributed by atoms with Crippen LogP contribution in [0.1, 0.15) is 58.8 Å². The molecule has 8 nitrogen and oxygen atoms in total. The van der Waals surface area contributed by atoms with E-state index >= 15 is 0 Å². The number of hydrogen-bond acceptors (Lipinski definition) is 8. The zero-order chi connectivity index (χ0) is 27.4. The second kappa shape index (κ2) is 11.3. The highest BCUT2D eigenvalue weighted by Crippen LogP contribution is 2.29. The van der Waals surface area contributed by atoms with Gasteiger partial charge in [-0.15, -0.1) is 22.0 Å². The number of thioether (sulfide) groups is 1. The smallest absolute Gasteiger partial charge is 0.408 e. The molecule has 4 rings (SSSR count). The second-order valence-electron chi connectivity index (χ2n) is 10.3. The molecule has 0 radical (unpaired) electrons. The summed E-state index contributed by atoms with van der Waals surface area (Å²) in [7, 11) is 0. The molecule has 0 spiro atoms. The van der Waals surface area contributed by atoms with E-state index in [9.17, 15) is 4.79 Å². The maximum atomic E-state index is 12.2. The lowest BCUT2D eigenvalue weighted by Gasteiger charge is -2.22. The van der Waals surface area contributed by atoms with Crippen LogP contribution in [-0.4, -0.2) is 37.1 Å². The molecule has 0 aliphatic carbocycles. The molecule has 2 aromatic carbocycles. The predicted molar refractivity (Wildman–Crippen MR) is 150 cm³/mol. The Balaban J connectivity index is 1.55. The molecular weight excluding hydrogens is 498 g/mol. The molecule has 1 unspecified atom stereocenters. The van der Waals surface area contributed by atoms with E-state index in [2.05, 4.69) is 46.5 Å². The van der Waals surface area contributed by atoms with Crippen molar-refractivity contribution < 1.29 is 13.9 Å². The summed E-state index contributed by atoms with van der Waals surface area (Å²) in [5.41, 5.74) is 3.98. The number of benzene rings is 2. The van der Waals surface area contributed by atoms with E-state index in [-0.39, 0.29) is 6.04 Å². The van der Waals surface area contributed by atoms with Crippen molar-refractivity contribution in [2.75, 3.05) is 0 Å². The topological polar surface area (TPSA) is 103 Å². The number of nitrogens with one attached hydrogen (secondary N) is 1. The number of nitrogens with zero attached hydrogens (tertiary/aromatic N) is 4. The number of carbonyl (C=O) groups excluding carboxylic acids is 1. The Hall–Kier alpha value is -3.72. The number of rotatable bonds is 7. The van der Waals surface area contributed by atoms with Crippen molar-refractivity contribution in [2.24, 2.45) is 0 Å². The largest absolute Gasteiger partial charge is 0.444 e. The molecule has 0 aliphatic rings. The van der Waals surface area contributed by atoms with E-state index in [1.54, 1.807) is 6.20 Å². The number of aromatic nitrogens is 4. The van der Waals surface area contributed by atoms with E-state index in [1.807, 2.05) is 82.8 Å². The van der Waals surface area contributed by atoms with Crippen LogP contribution < -0.4 is 5.32 Å². The van der Waals surface area contributed by atoms with Gasteiger partial charge < -0.3 is 14.5 Å². The van der Waals surface area contributed by atoms with Crippen molar-refractivity contribution in [2.45, 2.75) is 70.3 Å². The highest BCUT2D eigenvalue weighted by molar-refractivity contribution is 7.99. The molecule has 2 aromatic heterocycles. The zero-order valence-electron chi connectivity index (χ0n) is 22.8. The SMILES string of the molecule is Cc1ncc(-c2ccc(SC(C)C)cc2)nc1-c1nnc(-c2cccc(C(C)NC(=O)OC(C)(C)C)c2)o1. The van der Waals surface area contributed by atoms with Crippen molar-refractivity contribution in [3.8, 4) is 34.3 Å². The Bertz CT molecular complexity index is 1410. The van der Waals surface area contributed by atoms with Gasteiger partial charge in [0, 0.05) is 21.3 Å². The Morgan fingerprint density at radius 2 is 1.71 bits per heavy atom. The fourth-order valence-electron chi connectivity index (χ4n) is 3.71. The van der Waals surface area contributed by atoms with E-state index < -0.39 is 11.7 Å². The molecule has 0 saturated heterocycles. The minimum Gasteiger partial charge on any atom is -0.444 e. The lowest BCUT2D eigenvalue weighted by molar-refractivity contribution is 0.0508. The molecule has 0 bridgehead atoms. The van der Waals surface area contributed by atoms with Gasteiger partial charge in [0.05, 0.1) is 23.6 Å². The highest BCUT2D eigenvalue weighted by Gasteiger charge is 2.20. The van der Waals surface area contributed by atoms with Gasteiger partial charge >= 0.3 is 6.09 Å². The molecule has 0 aliphatic heterocycles. The number of aryl methyl sites for hydroxylation is 1. The lowest BCUT2D eigenvalue weighted by atomic mass is 10.1. The summed E-state index contributed by atoms with van der Waals surface area (Å²) in [6.45, 7) is 13.6. The van der Waals surface area contributed by atoms with E-state index in [1.165, 1.54) is 4.90 Å². The Morgan fingerprint density at radius 1 is 1.00 bits per heavy atom. The average Bonchev–Trinajstić information content (AvgIpc) is 3.33. The van der Waals surface area contributed by atoms with Gasteiger partial charge in [-0.05, 0) is 64.4 Å². The molecule has 0 fully saturated rings. The zero-order valence-corrected chi connectivity index (χ0v) is 23.6. The van der Waals surface area contributed by atoms with E-state index in [0.717, 1.165) is 22.4 Å². The molecule has 0 saturated carbocycles. The first-order valence-electron chi connectivity index (χ1n) is 12.5. The van der Waals surface area contributed by atoms with Crippen LogP contribution in [0.4, 0.5) is 4.79 Å². The van der Waals surface area contributed by atoms with Crippen LogP contribution in [0.5, 0.6) is 0 Å². The monoisotopic (exact) mass is 531 g/mol. The predicted octanol–water partition coefficient (Wildman–Crippen LogP) is 7.26. The number of carbonyl (C=O) groups is 1. The summed E-state index contributed by atoms with van der Waals surface area (Å²) >= 11 is 1.82. The molecule has 1 amide bonds. The normalized spacial score (nSPS) is 12.4. The first kappa shape index (κ1) is 27.3. The van der Waals surface area contributed by atoms with Gasteiger partial charge in [-0.1, -0.05) is 38.1 Å². The summed E-state index contributed by atoms with van der Waals surface area (Å²) in [4.78, 5) is 22.7. The maximum absolute atomic E-state index is 12.2. The standard InChI is InChI=1S/C29H33N5O3S/c1-17(2)38-23-13-11-20(12-14-23)24-16-30-19(4)25(32-24)27-34-33-26(36-27)22-10-8-9-21(15-22)18(3)31-28(35)37-29(5,6)7/h8-18H,1-7H3,(H,31,35). The maximum Gasteiger partial charge on any atom is 0.408 e. The minimum absolute atomic E-state index is 0.276. The highest BCUT2D eigenvalue weighted by atomic mass is 32.2. The van der Waals surface area contributed by atoms with E-state index in [4.69, 9.17) is 14.1 Å². The molecule has 4 aromatic rings. The fraction of sp³-hybridized carbons (Fsp3) is 0.345. The van der Waals surface area contributed by atoms with Gasteiger partial charge in [0.25, 0.3) is 5.89 Å². The summed E-state index contributed by atoms with van der Waals surface area (Å²) in [6, 6.07) is 15.6. The molecule has 198 valence electrons. The Labute approximate surface area is 227 Å². The van der Waals surface area contributed by atoms with Crippen LogP contribution in [0, 0.1) is 6.92 Å². The summed E-state index contributed by atoms with van der Waals surface area (Å²) in [6.07, 6.45) is 1.28. The Morgan fingerprint density at radius 3 is 2.39 bits per heavy atom. The first-order chi connectivity index (χ1) is 18.0. The number of alkyl carbamates (subject to hydrolysis) is 1. The number of amides is 1. The third kappa shape index (κ3) is 6.98. The van der Waals surface area contributed by atoms with Gasteiger partial charge in [-0.2, -0.15) is 0 Å². The second-order valence-corrected chi connectivity index (χ2v) is 11.9. The minimum atomic E-state index is -0.569.